The standard InChI is InChI=1S/C15H15FN2O2/c1-19-12-5-2-4-10-8-11(9-20-15(10)12)17-14-7-3-6-13(16)18-14/h2-7,11H,8-9H2,1H3,(H,17,18)/t11-/m0/s1. The van der Waals surface area contributed by atoms with Gasteiger partial charge in [-0.3, -0.25) is 0 Å². The number of aromatic nitrogens is 1. The highest BCUT2D eigenvalue weighted by molar-refractivity contribution is 5.49. The Labute approximate surface area is 116 Å². The van der Waals surface area contributed by atoms with Crippen molar-refractivity contribution in [1.29, 1.82) is 0 Å². The number of anilines is 1. The molecule has 4 nitrogen and oxygen atoms in total. The maximum absolute atomic E-state index is 13.1. The van der Waals surface area contributed by atoms with Crippen LogP contribution in [0.2, 0.25) is 0 Å². The molecule has 1 aromatic carbocycles. The van der Waals surface area contributed by atoms with E-state index < -0.39 is 5.95 Å². The highest BCUT2D eigenvalue weighted by Gasteiger charge is 2.22. The van der Waals surface area contributed by atoms with E-state index in [2.05, 4.69) is 10.3 Å². The summed E-state index contributed by atoms with van der Waals surface area (Å²) >= 11 is 0. The molecule has 0 aliphatic carbocycles. The van der Waals surface area contributed by atoms with Gasteiger partial charge >= 0.3 is 0 Å². The lowest BCUT2D eigenvalue weighted by Crippen LogP contribution is -2.33. The van der Waals surface area contributed by atoms with Crippen molar-refractivity contribution in [3.8, 4) is 11.5 Å². The zero-order valence-electron chi connectivity index (χ0n) is 11.1. The SMILES string of the molecule is COc1cccc2c1OC[C@@H](Nc1cccc(F)n1)C2. The van der Waals surface area contributed by atoms with Crippen LogP contribution in [0, 0.1) is 5.95 Å². The first-order valence-corrected chi connectivity index (χ1v) is 6.44. The van der Waals surface area contributed by atoms with Gasteiger partial charge in [-0.05, 0) is 24.6 Å². The van der Waals surface area contributed by atoms with Gasteiger partial charge in [-0.25, -0.2) is 4.98 Å². The van der Waals surface area contributed by atoms with E-state index in [0.717, 1.165) is 23.5 Å². The Bertz CT molecular complexity index is 619. The monoisotopic (exact) mass is 274 g/mol. The van der Waals surface area contributed by atoms with Gasteiger partial charge in [0.1, 0.15) is 12.4 Å². The van der Waals surface area contributed by atoms with Gasteiger partial charge in [0.05, 0.1) is 13.2 Å². The maximum Gasteiger partial charge on any atom is 0.214 e. The minimum absolute atomic E-state index is 0.0592. The lowest BCUT2D eigenvalue weighted by Gasteiger charge is -2.27. The van der Waals surface area contributed by atoms with Crippen molar-refractivity contribution < 1.29 is 13.9 Å². The Morgan fingerprint density at radius 2 is 2.15 bits per heavy atom. The Morgan fingerprint density at radius 3 is 2.95 bits per heavy atom. The molecule has 0 bridgehead atoms. The fourth-order valence-electron chi connectivity index (χ4n) is 2.35. The summed E-state index contributed by atoms with van der Waals surface area (Å²) in [5, 5.41) is 3.18. The number of methoxy groups -OCH3 is 1. The summed E-state index contributed by atoms with van der Waals surface area (Å²) in [5.41, 5.74) is 1.07. The number of pyridine rings is 1. The van der Waals surface area contributed by atoms with Crippen LogP contribution in [-0.4, -0.2) is 24.7 Å². The minimum atomic E-state index is -0.492. The Balaban J connectivity index is 1.76. The van der Waals surface area contributed by atoms with E-state index in [1.165, 1.54) is 6.07 Å². The molecule has 1 atom stereocenters. The Morgan fingerprint density at radius 1 is 1.30 bits per heavy atom. The highest BCUT2D eigenvalue weighted by Crippen LogP contribution is 2.34. The third kappa shape index (κ3) is 2.52. The molecule has 1 N–H and O–H groups in total. The molecular formula is C15H15FN2O2. The summed E-state index contributed by atoms with van der Waals surface area (Å²) in [5.74, 6) is 1.56. The lowest BCUT2D eigenvalue weighted by atomic mass is 10.0. The largest absolute Gasteiger partial charge is 0.493 e. The molecule has 20 heavy (non-hydrogen) atoms. The van der Waals surface area contributed by atoms with Gasteiger partial charge in [0.2, 0.25) is 5.95 Å². The molecule has 1 aliphatic heterocycles. The smallest absolute Gasteiger partial charge is 0.214 e. The molecular weight excluding hydrogens is 259 g/mol. The van der Waals surface area contributed by atoms with E-state index >= 15 is 0 Å². The molecule has 5 heteroatoms. The molecule has 0 spiro atoms. The Kier molecular flexibility index (Phi) is 3.41. The zero-order chi connectivity index (χ0) is 13.9. The van der Waals surface area contributed by atoms with E-state index in [-0.39, 0.29) is 6.04 Å². The van der Waals surface area contributed by atoms with Gasteiger partial charge in [-0.1, -0.05) is 18.2 Å². The predicted octanol–water partition coefficient (Wildman–Crippen LogP) is 2.64. The van der Waals surface area contributed by atoms with E-state index in [1.54, 1.807) is 19.2 Å². The molecule has 2 heterocycles. The van der Waals surface area contributed by atoms with E-state index in [9.17, 15) is 4.39 Å². The number of fused-ring (bicyclic) bond motifs is 1. The van der Waals surface area contributed by atoms with Crippen molar-refractivity contribution in [2.24, 2.45) is 0 Å². The van der Waals surface area contributed by atoms with Gasteiger partial charge in [-0.15, -0.1) is 0 Å². The third-order valence-electron chi connectivity index (χ3n) is 3.24. The van der Waals surface area contributed by atoms with Crippen LogP contribution in [0.4, 0.5) is 10.2 Å². The molecule has 3 rings (SSSR count). The van der Waals surface area contributed by atoms with Crippen LogP contribution in [0.3, 0.4) is 0 Å². The van der Waals surface area contributed by atoms with Crippen LogP contribution in [0.25, 0.3) is 0 Å². The van der Waals surface area contributed by atoms with Gasteiger partial charge in [0, 0.05) is 5.56 Å². The predicted molar refractivity (Wildman–Crippen MR) is 73.8 cm³/mol. The highest BCUT2D eigenvalue weighted by atomic mass is 19.1. The summed E-state index contributed by atoms with van der Waals surface area (Å²) < 4.78 is 24.1. The van der Waals surface area contributed by atoms with Gasteiger partial charge < -0.3 is 14.8 Å². The van der Waals surface area contributed by atoms with Crippen molar-refractivity contribution in [3.63, 3.8) is 0 Å². The molecule has 0 saturated heterocycles. The van der Waals surface area contributed by atoms with Crippen LogP contribution in [0.1, 0.15) is 5.56 Å². The second kappa shape index (κ2) is 5.36. The molecule has 1 aromatic heterocycles. The van der Waals surface area contributed by atoms with Crippen LogP contribution < -0.4 is 14.8 Å². The molecule has 2 aromatic rings. The van der Waals surface area contributed by atoms with Crippen molar-refractivity contribution in [3.05, 3.63) is 47.9 Å². The second-order valence-corrected chi connectivity index (χ2v) is 4.65. The topological polar surface area (TPSA) is 43.4 Å². The second-order valence-electron chi connectivity index (χ2n) is 4.65. The average molecular weight is 274 g/mol. The number of nitrogens with zero attached hydrogens (tertiary/aromatic N) is 1. The number of halogens is 1. The molecule has 0 unspecified atom stereocenters. The normalized spacial score (nSPS) is 17.0. The third-order valence-corrected chi connectivity index (χ3v) is 3.24. The van der Waals surface area contributed by atoms with E-state index in [0.29, 0.717) is 12.4 Å². The van der Waals surface area contributed by atoms with Crippen LogP contribution in [0.15, 0.2) is 36.4 Å². The number of hydrogen-bond acceptors (Lipinski definition) is 4. The molecule has 0 amide bonds. The molecule has 0 radical (unpaired) electrons. The summed E-state index contributed by atoms with van der Waals surface area (Å²) in [4.78, 5) is 3.80. The quantitative estimate of drug-likeness (QED) is 0.874. The molecule has 0 fully saturated rings. The van der Waals surface area contributed by atoms with Crippen LogP contribution in [-0.2, 0) is 6.42 Å². The maximum atomic E-state index is 13.1. The number of hydrogen-bond donors (Lipinski definition) is 1. The first-order valence-electron chi connectivity index (χ1n) is 6.44. The molecule has 104 valence electrons. The fourth-order valence-corrected chi connectivity index (χ4v) is 2.35. The Hall–Kier alpha value is -2.30. The average Bonchev–Trinajstić information content (AvgIpc) is 2.46. The van der Waals surface area contributed by atoms with Gasteiger partial charge in [-0.2, -0.15) is 4.39 Å². The molecule has 1 aliphatic rings. The van der Waals surface area contributed by atoms with Crippen molar-refractivity contribution in [2.75, 3.05) is 19.0 Å². The van der Waals surface area contributed by atoms with Gasteiger partial charge in [0.15, 0.2) is 11.5 Å². The summed E-state index contributed by atoms with van der Waals surface area (Å²) in [6.45, 7) is 0.492. The number of rotatable bonds is 3. The van der Waals surface area contributed by atoms with Crippen molar-refractivity contribution >= 4 is 5.82 Å². The van der Waals surface area contributed by atoms with Crippen molar-refractivity contribution in [1.82, 2.24) is 4.98 Å². The summed E-state index contributed by atoms with van der Waals surface area (Å²) in [6.07, 6.45) is 0.782. The van der Waals surface area contributed by atoms with Gasteiger partial charge in [0.25, 0.3) is 0 Å². The first kappa shape index (κ1) is 12.7. The van der Waals surface area contributed by atoms with Crippen LogP contribution in [0.5, 0.6) is 11.5 Å². The van der Waals surface area contributed by atoms with Crippen molar-refractivity contribution in [2.45, 2.75) is 12.5 Å². The first-order chi connectivity index (χ1) is 9.76. The number of benzene rings is 1. The minimum Gasteiger partial charge on any atom is -0.493 e. The lowest BCUT2D eigenvalue weighted by molar-refractivity contribution is 0.256. The number of nitrogens with one attached hydrogen (secondary N) is 1. The summed E-state index contributed by atoms with van der Waals surface area (Å²) in [7, 11) is 1.62. The van der Waals surface area contributed by atoms with E-state index in [1.807, 2.05) is 18.2 Å². The van der Waals surface area contributed by atoms with E-state index in [4.69, 9.17) is 9.47 Å². The zero-order valence-corrected chi connectivity index (χ0v) is 11.1. The number of ether oxygens (including phenoxy) is 2. The molecule has 0 saturated carbocycles. The summed E-state index contributed by atoms with van der Waals surface area (Å²) in [6, 6.07) is 10.6. The van der Waals surface area contributed by atoms with Crippen LogP contribution >= 0.6 is 0 Å². The fraction of sp³-hybridized carbons (Fsp3) is 0.267. The number of para-hydroxylation sites is 1.